The van der Waals surface area contributed by atoms with Crippen LogP contribution in [0, 0.1) is 15.9 Å². The Morgan fingerprint density at radius 1 is 1.25 bits per heavy atom. The van der Waals surface area contributed by atoms with Crippen LogP contribution in [0.15, 0.2) is 42.5 Å². The van der Waals surface area contributed by atoms with Crippen LogP contribution in [0.2, 0.25) is 5.02 Å². The molecule has 2 rings (SSSR count). The number of hydrogen-bond acceptors (Lipinski definition) is 5. The van der Waals surface area contributed by atoms with E-state index in [9.17, 15) is 24.1 Å². The van der Waals surface area contributed by atoms with E-state index in [-0.39, 0.29) is 22.0 Å². The van der Waals surface area contributed by atoms with E-state index in [2.05, 4.69) is 5.32 Å². The average Bonchev–Trinajstić information content (AvgIpc) is 2.53. The summed E-state index contributed by atoms with van der Waals surface area (Å²) in [5.41, 5.74) is -0.418. The van der Waals surface area contributed by atoms with Gasteiger partial charge in [0.25, 0.3) is 11.6 Å². The van der Waals surface area contributed by atoms with Gasteiger partial charge in [0, 0.05) is 6.07 Å². The van der Waals surface area contributed by atoms with Gasteiger partial charge in [-0.2, -0.15) is 0 Å². The number of nitro benzene ring substituents is 1. The van der Waals surface area contributed by atoms with Gasteiger partial charge in [-0.15, -0.1) is 0 Å². The number of nitrogens with one attached hydrogen (secondary N) is 1. The zero-order chi connectivity index (χ0) is 17.7. The second-order valence-corrected chi connectivity index (χ2v) is 4.93. The highest BCUT2D eigenvalue weighted by atomic mass is 35.5. The monoisotopic (exact) mass is 352 g/mol. The molecular formula is C15H10ClFN2O5. The molecule has 0 aliphatic carbocycles. The number of nitrogens with zero attached hydrogens (tertiary/aromatic N) is 1. The van der Waals surface area contributed by atoms with Crippen LogP contribution in [0.4, 0.5) is 15.8 Å². The molecule has 7 nitrogen and oxygen atoms in total. The van der Waals surface area contributed by atoms with Crippen molar-refractivity contribution in [2.24, 2.45) is 0 Å². The molecule has 1 amide bonds. The highest BCUT2D eigenvalue weighted by molar-refractivity contribution is 6.33. The minimum Gasteiger partial charge on any atom is -0.452 e. The number of rotatable bonds is 5. The van der Waals surface area contributed by atoms with E-state index in [4.69, 9.17) is 16.3 Å². The maximum atomic E-state index is 12.9. The van der Waals surface area contributed by atoms with Crippen molar-refractivity contribution in [3.05, 3.63) is 69.0 Å². The molecule has 0 radical (unpaired) electrons. The van der Waals surface area contributed by atoms with E-state index < -0.39 is 29.2 Å². The van der Waals surface area contributed by atoms with E-state index >= 15 is 0 Å². The highest BCUT2D eigenvalue weighted by Crippen LogP contribution is 2.23. The van der Waals surface area contributed by atoms with Gasteiger partial charge in [0.05, 0.1) is 15.5 Å². The van der Waals surface area contributed by atoms with Crippen molar-refractivity contribution >= 4 is 34.9 Å². The Morgan fingerprint density at radius 3 is 2.62 bits per heavy atom. The Balaban J connectivity index is 1.99. The fraction of sp³-hybridized carbons (Fsp3) is 0.0667. The molecule has 0 atom stereocenters. The molecule has 0 saturated carbocycles. The Hall–Kier alpha value is -3.00. The van der Waals surface area contributed by atoms with Crippen LogP contribution >= 0.6 is 11.6 Å². The predicted octanol–water partition coefficient (Wildman–Crippen LogP) is 3.18. The lowest BCUT2D eigenvalue weighted by molar-refractivity contribution is -0.383. The third-order valence-corrected chi connectivity index (χ3v) is 3.17. The molecule has 0 heterocycles. The van der Waals surface area contributed by atoms with E-state index in [1.807, 2.05) is 0 Å². The van der Waals surface area contributed by atoms with Crippen LogP contribution < -0.4 is 5.32 Å². The summed E-state index contributed by atoms with van der Waals surface area (Å²) in [6.45, 7) is -0.682. The molecule has 0 bridgehead atoms. The largest absolute Gasteiger partial charge is 0.452 e. The lowest BCUT2D eigenvalue weighted by atomic mass is 10.2. The van der Waals surface area contributed by atoms with Crippen LogP contribution in [-0.4, -0.2) is 23.4 Å². The van der Waals surface area contributed by atoms with Crippen molar-refractivity contribution in [1.29, 1.82) is 0 Å². The number of carbonyl (C=O) groups excluding carboxylic acids is 2. The van der Waals surface area contributed by atoms with Crippen molar-refractivity contribution < 1.29 is 23.6 Å². The maximum Gasteiger partial charge on any atom is 0.340 e. The number of halogens is 2. The van der Waals surface area contributed by atoms with Gasteiger partial charge in [-0.05, 0) is 24.3 Å². The minimum absolute atomic E-state index is 0.0247. The van der Waals surface area contributed by atoms with Crippen molar-refractivity contribution in [2.75, 3.05) is 11.9 Å². The lowest BCUT2D eigenvalue weighted by Gasteiger charge is -2.08. The summed E-state index contributed by atoms with van der Waals surface area (Å²) in [4.78, 5) is 33.7. The molecule has 0 spiro atoms. The first kappa shape index (κ1) is 17.4. The van der Waals surface area contributed by atoms with Gasteiger partial charge in [0.15, 0.2) is 6.61 Å². The maximum absolute atomic E-state index is 12.9. The molecule has 124 valence electrons. The Morgan fingerprint density at radius 2 is 1.96 bits per heavy atom. The van der Waals surface area contributed by atoms with Gasteiger partial charge in [0.2, 0.25) is 0 Å². The molecule has 2 aromatic rings. The van der Waals surface area contributed by atoms with Crippen LogP contribution in [0.5, 0.6) is 0 Å². The Bertz CT molecular complexity index is 812. The first-order chi connectivity index (χ1) is 11.4. The van der Waals surface area contributed by atoms with Crippen LogP contribution in [0.25, 0.3) is 0 Å². The number of anilines is 1. The summed E-state index contributed by atoms with van der Waals surface area (Å²) in [6.07, 6.45) is 0. The molecule has 0 unspecified atom stereocenters. The number of esters is 1. The van der Waals surface area contributed by atoms with Gasteiger partial charge in [-0.3, -0.25) is 14.9 Å². The second kappa shape index (κ2) is 7.51. The van der Waals surface area contributed by atoms with Crippen molar-refractivity contribution in [2.45, 2.75) is 0 Å². The Kier molecular flexibility index (Phi) is 5.43. The van der Waals surface area contributed by atoms with E-state index in [1.54, 1.807) is 0 Å². The summed E-state index contributed by atoms with van der Waals surface area (Å²) >= 11 is 5.71. The number of amides is 1. The van der Waals surface area contributed by atoms with Crippen LogP contribution in [0.3, 0.4) is 0 Å². The molecule has 9 heteroatoms. The minimum atomic E-state index is -0.919. The zero-order valence-corrected chi connectivity index (χ0v) is 12.7. The molecule has 24 heavy (non-hydrogen) atoms. The number of nitro groups is 1. The first-order valence-corrected chi connectivity index (χ1v) is 6.91. The van der Waals surface area contributed by atoms with E-state index in [1.165, 1.54) is 24.3 Å². The average molecular weight is 353 g/mol. The molecular weight excluding hydrogens is 343 g/mol. The highest BCUT2D eigenvalue weighted by Gasteiger charge is 2.17. The molecule has 1 N–H and O–H groups in total. The van der Waals surface area contributed by atoms with Crippen molar-refractivity contribution in [1.82, 2.24) is 0 Å². The van der Waals surface area contributed by atoms with Gasteiger partial charge >= 0.3 is 5.97 Å². The summed E-state index contributed by atoms with van der Waals surface area (Å²) in [7, 11) is 0. The molecule has 0 aliphatic heterocycles. The SMILES string of the molecule is O=C(COC(=O)c1ccc(F)cc1Cl)Nc1ccccc1[N+](=O)[O-]. The summed E-state index contributed by atoms with van der Waals surface area (Å²) in [5, 5.41) is 13.0. The quantitative estimate of drug-likeness (QED) is 0.506. The molecule has 0 aromatic heterocycles. The fourth-order valence-electron chi connectivity index (χ4n) is 1.79. The number of para-hydroxylation sites is 2. The summed E-state index contributed by atoms with van der Waals surface area (Å²) in [5.74, 6) is -2.31. The number of benzene rings is 2. The summed E-state index contributed by atoms with van der Waals surface area (Å²) in [6, 6.07) is 8.60. The smallest absolute Gasteiger partial charge is 0.340 e. The van der Waals surface area contributed by atoms with Gasteiger partial charge in [-0.1, -0.05) is 23.7 Å². The first-order valence-electron chi connectivity index (χ1n) is 6.54. The number of hydrogen-bond donors (Lipinski definition) is 1. The standard InChI is InChI=1S/C15H10ClFN2O5/c16-11-7-9(17)5-6-10(11)15(21)24-8-14(20)18-12-3-1-2-4-13(12)19(22)23/h1-7H,8H2,(H,18,20). The van der Waals surface area contributed by atoms with E-state index in [0.717, 1.165) is 18.2 Å². The third kappa shape index (κ3) is 4.26. The number of ether oxygens (including phenoxy) is 1. The zero-order valence-electron chi connectivity index (χ0n) is 12.0. The van der Waals surface area contributed by atoms with Crippen molar-refractivity contribution in [3.8, 4) is 0 Å². The Labute approximate surface area is 140 Å². The number of carbonyl (C=O) groups is 2. The summed E-state index contributed by atoms with van der Waals surface area (Å²) < 4.78 is 17.7. The second-order valence-electron chi connectivity index (χ2n) is 4.52. The lowest BCUT2D eigenvalue weighted by Crippen LogP contribution is -2.21. The molecule has 0 aliphatic rings. The molecule has 0 fully saturated rings. The van der Waals surface area contributed by atoms with Crippen LogP contribution in [-0.2, 0) is 9.53 Å². The van der Waals surface area contributed by atoms with Crippen molar-refractivity contribution in [3.63, 3.8) is 0 Å². The fourth-order valence-corrected chi connectivity index (χ4v) is 2.03. The third-order valence-electron chi connectivity index (χ3n) is 2.86. The van der Waals surface area contributed by atoms with Gasteiger partial charge < -0.3 is 10.1 Å². The van der Waals surface area contributed by atoms with E-state index in [0.29, 0.717) is 0 Å². The van der Waals surface area contributed by atoms with Gasteiger partial charge in [-0.25, -0.2) is 9.18 Å². The topological polar surface area (TPSA) is 98.5 Å². The van der Waals surface area contributed by atoms with Crippen LogP contribution in [0.1, 0.15) is 10.4 Å². The molecule has 0 saturated heterocycles. The normalized spacial score (nSPS) is 10.1. The molecule has 2 aromatic carbocycles. The predicted molar refractivity (Wildman–Crippen MR) is 83.4 cm³/mol. The van der Waals surface area contributed by atoms with Gasteiger partial charge in [0.1, 0.15) is 11.5 Å².